The minimum Gasteiger partial charge on any atom is -0.352 e. The Balaban J connectivity index is 2.22. The lowest BCUT2D eigenvalue weighted by atomic mass is 10.1. The number of rotatable bonds is 3. The standard InChI is InChI=1S/C14H22ClN3/c1-3-13-11-17(2)7-4-8-18(13)14-9-12(10-15)5-6-16-14/h5-6,9,13H,3-4,7-8,10-11H2,1-2H3. The number of aromatic nitrogens is 1. The van der Waals surface area contributed by atoms with E-state index in [-0.39, 0.29) is 0 Å². The van der Waals surface area contributed by atoms with Crippen molar-refractivity contribution in [2.24, 2.45) is 0 Å². The fourth-order valence-corrected chi connectivity index (χ4v) is 2.76. The normalized spacial score (nSPS) is 21.9. The van der Waals surface area contributed by atoms with Crippen LogP contribution in [0.5, 0.6) is 0 Å². The molecule has 0 radical (unpaired) electrons. The third-order valence-electron chi connectivity index (χ3n) is 3.63. The highest BCUT2D eigenvalue weighted by Gasteiger charge is 2.22. The van der Waals surface area contributed by atoms with Crippen LogP contribution >= 0.6 is 11.6 Å². The maximum Gasteiger partial charge on any atom is 0.129 e. The molecule has 0 aliphatic carbocycles. The van der Waals surface area contributed by atoms with Gasteiger partial charge in [0.05, 0.1) is 0 Å². The first-order valence-corrected chi connectivity index (χ1v) is 7.24. The van der Waals surface area contributed by atoms with Crippen molar-refractivity contribution < 1.29 is 0 Å². The predicted molar refractivity (Wildman–Crippen MR) is 77.3 cm³/mol. The number of anilines is 1. The van der Waals surface area contributed by atoms with Crippen LogP contribution in [0.4, 0.5) is 5.82 Å². The Bertz CT molecular complexity index is 383. The molecule has 1 aromatic heterocycles. The summed E-state index contributed by atoms with van der Waals surface area (Å²) in [6.45, 7) is 5.62. The van der Waals surface area contributed by atoms with Gasteiger partial charge in [0.15, 0.2) is 0 Å². The van der Waals surface area contributed by atoms with Gasteiger partial charge in [0.2, 0.25) is 0 Å². The summed E-state index contributed by atoms with van der Waals surface area (Å²) in [7, 11) is 2.20. The summed E-state index contributed by atoms with van der Waals surface area (Å²) in [5.74, 6) is 1.63. The fraction of sp³-hybridized carbons (Fsp3) is 0.643. The van der Waals surface area contributed by atoms with Crippen molar-refractivity contribution >= 4 is 17.4 Å². The molecule has 1 fully saturated rings. The Labute approximate surface area is 115 Å². The predicted octanol–water partition coefficient (Wildman–Crippen LogP) is 2.74. The number of hydrogen-bond acceptors (Lipinski definition) is 3. The maximum atomic E-state index is 5.91. The highest BCUT2D eigenvalue weighted by Crippen LogP contribution is 2.21. The molecule has 1 aliphatic heterocycles. The number of likely N-dealkylation sites (N-methyl/N-ethyl adjacent to an activating group) is 1. The van der Waals surface area contributed by atoms with Crippen molar-refractivity contribution in [1.82, 2.24) is 9.88 Å². The van der Waals surface area contributed by atoms with Crippen molar-refractivity contribution in [3.63, 3.8) is 0 Å². The number of nitrogens with zero attached hydrogens (tertiary/aromatic N) is 3. The van der Waals surface area contributed by atoms with Gasteiger partial charge in [0, 0.05) is 31.2 Å². The van der Waals surface area contributed by atoms with Gasteiger partial charge in [-0.05, 0) is 44.1 Å². The third kappa shape index (κ3) is 3.15. The molecule has 100 valence electrons. The van der Waals surface area contributed by atoms with Crippen molar-refractivity contribution in [3.8, 4) is 0 Å². The number of alkyl halides is 1. The van der Waals surface area contributed by atoms with E-state index in [2.05, 4.69) is 34.8 Å². The second-order valence-corrected chi connectivity index (χ2v) is 5.29. The molecule has 1 aromatic rings. The zero-order chi connectivity index (χ0) is 13.0. The van der Waals surface area contributed by atoms with Crippen molar-refractivity contribution in [1.29, 1.82) is 0 Å². The van der Waals surface area contributed by atoms with Crippen molar-refractivity contribution in [3.05, 3.63) is 23.9 Å². The topological polar surface area (TPSA) is 19.4 Å². The lowest BCUT2D eigenvalue weighted by Gasteiger charge is -2.31. The molecule has 0 saturated carbocycles. The lowest BCUT2D eigenvalue weighted by molar-refractivity contribution is 0.327. The van der Waals surface area contributed by atoms with Crippen LogP contribution in [-0.2, 0) is 5.88 Å². The largest absolute Gasteiger partial charge is 0.352 e. The van der Waals surface area contributed by atoms with E-state index in [4.69, 9.17) is 11.6 Å². The van der Waals surface area contributed by atoms with E-state index in [1.165, 1.54) is 13.0 Å². The molecule has 0 aromatic carbocycles. The van der Waals surface area contributed by atoms with Gasteiger partial charge in [-0.3, -0.25) is 0 Å². The molecular weight excluding hydrogens is 246 g/mol. The Morgan fingerprint density at radius 2 is 2.28 bits per heavy atom. The summed E-state index contributed by atoms with van der Waals surface area (Å²) in [6.07, 6.45) is 4.21. The Hall–Kier alpha value is -0.800. The van der Waals surface area contributed by atoms with Gasteiger partial charge in [-0.25, -0.2) is 4.98 Å². The van der Waals surface area contributed by atoms with Gasteiger partial charge in [-0.2, -0.15) is 0 Å². The summed E-state index contributed by atoms with van der Waals surface area (Å²) >= 11 is 5.91. The minimum atomic E-state index is 0.551. The van der Waals surface area contributed by atoms with Crippen LogP contribution in [0.15, 0.2) is 18.3 Å². The monoisotopic (exact) mass is 267 g/mol. The van der Waals surface area contributed by atoms with Crippen molar-refractivity contribution in [2.45, 2.75) is 31.7 Å². The summed E-state index contributed by atoms with van der Waals surface area (Å²) in [5, 5.41) is 0. The minimum absolute atomic E-state index is 0.551. The number of halogens is 1. The first-order chi connectivity index (χ1) is 8.74. The van der Waals surface area contributed by atoms with Crippen LogP contribution < -0.4 is 4.90 Å². The van der Waals surface area contributed by atoms with E-state index in [9.17, 15) is 0 Å². The molecule has 0 N–H and O–H groups in total. The molecule has 3 nitrogen and oxygen atoms in total. The Kier molecular flexibility index (Phi) is 4.84. The molecule has 1 unspecified atom stereocenters. The van der Waals surface area contributed by atoms with Crippen molar-refractivity contribution in [2.75, 3.05) is 31.6 Å². The molecule has 0 amide bonds. The first-order valence-electron chi connectivity index (χ1n) is 6.70. The fourth-order valence-electron chi connectivity index (χ4n) is 2.60. The average Bonchev–Trinajstić information content (AvgIpc) is 2.60. The summed E-state index contributed by atoms with van der Waals surface area (Å²) in [5.41, 5.74) is 1.15. The molecule has 0 spiro atoms. The van der Waals surface area contributed by atoms with Crippen LogP contribution in [-0.4, -0.2) is 42.6 Å². The number of hydrogen-bond donors (Lipinski definition) is 0. The summed E-state index contributed by atoms with van der Waals surface area (Å²) in [6, 6.07) is 4.66. The Morgan fingerprint density at radius 1 is 1.44 bits per heavy atom. The van der Waals surface area contributed by atoms with Gasteiger partial charge >= 0.3 is 0 Å². The van der Waals surface area contributed by atoms with Gasteiger partial charge in [0.1, 0.15) is 5.82 Å². The van der Waals surface area contributed by atoms with E-state index in [0.29, 0.717) is 11.9 Å². The van der Waals surface area contributed by atoms with E-state index < -0.39 is 0 Å². The molecule has 18 heavy (non-hydrogen) atoms. The van der Waals surface area contributed by atoms with Crippen LogP contribution in [0.2, 0.25) is 0 Å². The second-order valence-electron chi connectivity index (χ2n) is 5.03. The Morgan fingerprint density at radius 3 is 3.00 bits per heavy atom. The lowest BCUT2D eigenvalue weighted by Crippen LogP contribution is -2.40. The first kappa shape index (κ1) is 13.6. The summed E-state index contributed by atoms with van der Waals surface area (Å²) in [4.78, 5) is 9.38. The van der Waals surface area contributed by atoms with Gasteiger partial charge in [0.25, 0.3) is 0 Å². The number of pyridine rings is 1. The molecule has 1 atom stereocenters. The molecule has 1 saturated heterocycles. The average molecular weight is 268 g/mol. The third-order valence-corrected chi connectivity index (χ3v) is 3.94. The molecule has 2 rings (SSSR count). The molecule has 2 heterocycles. The molecular formula is C14H22ClN3. The zero-order valence-electron chi connectivity index (χ0n) is 11.3. The zero-order valence-corrected chi connectivity index (χ0v) is 12.0. The molecule has 1 aliphatic rings. The van der Waals surface area contributed by atoms with E-state index in [0.717, 1.165) is 30.9 Å². The highest BCUT2D eigenvalue weighted by atomic mass is 35.5. The highest BCUT2D eigenvalue weighted by molar-refractivity contribution is 6.17. The summed E-state index contributed by atoms with van der Waals surface area (Å²) < 4.78 is 0. The smallest absolute Gasteiger partial charge is 0.129 e. The quantitative estimate of drug-likeness (QED) is 0.785. The van der Waals surface area contributed by atoms with E-state index >= 15 is 0 Å². The second kappa shape index (κ2) is 6.39. The van der Waals surface area contributed by atoms with Crippen LogP contribution in [0.25, 0.3) is 0 Å². The van der Waals surface area contributed by atoms with Crippen LogP contribution in [0.3, 0.4) is 0 Å². The van der Waals surface area contributed by atoms with Gasteiger partial charge in [-0.15, -0.1) is 11.6 Å². The SMILES string of the molecule is CCC1CN(C)CCCN1c1cc(CCl)ccn1. The van der Waals surface area contributed by atoms with Gasteiger partial charge in [-0.1, -0.05) is 6.92 Å². The van der Waals surface area contributed by atoms with Gasteiger partial charge < -0.3 is 9.80 Å². The maximum absolute atomic E-state index is 5.91. The van der Waals surface area contributed by atoms with E-state index in [1.54, 1.807) is 0 Å². The molecule has 4 heteroatoms. The van der Waals surface area contributed by atoms with Crippen LogP contribution in [0, 0.1) is 0 Å². The van der Waals surface area contributed by atoms with Crippen LogP contribution in [0.1, 0.15) is 25.3 Å². The molecule has 0 bridgehead atoms. The van der Waals surface area contributed by atoms with E-state index in [1.807, 2.05) is 12.3 Å².